The third-order valence-electron chi connectivity index (χ3n) is 5.89. The van der Waals surface area contributed by atoms with Crippen molar-refractivity contribution in [3.8, 4) is 11.5 Å². The molecule has 0 unspecified atom stereocenters. The molecule has 1 aliphatic carbocycles. The van der Waals surface area contributed by atoms with E-state index in [1.54, 1.807) is 49.6 Å². The molecular weight excluding hydrogens is 384 g/mol. The zero-order valence-electron chi connectivity index (χ0n) is 17.0. The number of imide groups is 1. The van der Waals surface area contributed by atoms with Gasteiger partial charge in [-0.05, 0) is 37.1 Å². The van der Waals surface area contributed by atoms with Gasteiger partial charge in [0.1, 0.15) is 11.5 Å². The number of anilines is 2. The number of hydrogen-bond acceptors (Lipinski definition) is 5. The average Bonchev–Trinajstić information content (AvgIpc) is 3.04. The molecule has 0 spiro atoms. The van der Waals surface area contributed by atoms with Crippen LogP contribution in [0.5, 0.6) is 11.5 Å². The van der Waals surface area contributed by atoms with E-state index in [2.05, 4.69) is 5.32 Å². The second-order valence-electron chi connectivity index (χ2n) is 7.55. The molecule has 2 aromatic carbocycles. The summed E-state index contributed by atoms with van der Waals surface area (Å²) >= 11 is 0. The predicted molar refractivity (Wildman–Crippen MR) is 112 cm³/mol. The largest absolute Gasteiger partial charge is 0.497 e. The molecule has 2 fully saturated rings. The third-order valence-corrected chi connectivity index (χ3v) is 5.89. The molecule has 1 aliphatic heterocycles. The maximum atomic E-state index is 13.1. The Hall–Kier alpha value is -3.35. The lowest BCUT2D eigenvalue weighted by Crippen LogP contribution is -2.32. The molecule has 0 aromatic heterocycles. The summed E-state index contributed by atoms with van der Waals surface area (Å²) in [5, 5.41) is 2.82. The standard InChI is InChI=1S/C23H24N2O5/c1-29-14-11-12-18(20(13-14)30-2)24-21(26)17-9-5-6-10-19(17)25-22(27)15-7-3-4-8-16(15)23(25)28/h5-6,9-13,15-16H,3-4,7-8H2,1-2H3,(H,24,26)/t15-,16+. The summed E-state index contributed by atoms with van der Waals surface area (Å²) in [6.45, 7) is 0. The topological polar surface area (TPSA) is 84.9 Å². The van der Waals surface area contributed by atoms with E-state index in [1.165, 1.54) is 12.0 Å². The molecule has 1 saturated heterocycles. The van der Waals surface area contributed by atoms with Crippen LogP contribution in [0.3, 0.4) is 0 Å². The number of nitrogens with one attached hydrogen (secondary N) is 1. The van der Waals surface area contributed by atoms with Gasteiger partial charge in [0.05, 0.1) is 43.0 Å². The van der Waals surface area contributed by atoms with Gasteiger partial charge < -0.3 is 14.8 Å². The smallest absolute Gasteiger partial charge is 0.257 e. The van der Waals surface area contributed by atoms with Crippen molar-refractivity contribution in [2.24, 2.45) is 11.8 Å². The number of carbonyl (C=O) groups is 3. The summed E-state index contributed by atoms with van der Waals surface area (Å²) in [5.74, 6) is -0.336. The van der Waals surface area contributed by atoms with Gasteiger partial charge in [0.15, 0.2) is 0 Å². The third kappa shape index (κ3) is 3.40. The molecule has 3 amide bonds. The van der Waals surface area contributed by atoms with Crippen molar-refractivity contribution in [3.05, 3.63) is 48.0 Å². The van der Waals surface area contributed by atoms with Gasteiger partial charge >= 0.3 is 0 Å². The van der Waals surface area contributed by atoms with Crippen molar-refractivity contribution in [3.63, 3.8) is 0 Å². The van der Waals surface area contributed by atoms with Gasteiger partial charge in [0.2, 0.25) is 11.8 Å². The Kier molecular flexibility index (Phi) is 5.44. The van der Waals surface area contributed by atoms with Crippen LogP contribution in [0.1, 0.15) is 36.0 Å². The molecule has 30 heavy (non-hydrogen) atoms. The molecule has 7 heteroatoms. The van der Waals surface area contributed by atoms with Crippen LogP contribution < -0.4 is 19.7 Å². The number of methoxy groups -OCH3 is 2. The van der Waals surface area contributed by atoms with Crippen LogP contribution >= 0.6 is 0 Å². The lowest BCUT2D eigenvalue weighted by Gasteiger charge is -2.19. The van der Waals surface area contributed by atoms with Crippen molar-refractivity contribution in [1.82, 2.24) is 0 Å². The molecular formula is C23H24N2O5. The average molecular weight is 408 g/mol. The minimum absolute atomic E-state index is 0.202. The first-order valence-electron chi connectivity index (χ1n) is 10.1. The number of nitrogens with zero attached hydrogens (tertiary/aromatic N) is 1. The fourth-order valence-electron chi connectivity index (χ4n) is 4.35. The predicted octanol–water partition coefficient (Wildman–Crippen LogP) is 3.64. The summed E-state index contributed by atoms with van der Waals surface area (Å²) in [5.41, 5.74) is 1.05. The number of fused-ring (bicyclic) bond motifs is 1. The molecule has 2 aromatic rings. The molecule has 1 N–H and O–H groups in total. The number of para-hydroxylation sites is 1. The van der Waals surface area contributed by atoms with Gasteiger partial charge in [0.25, 0.3) is 5.91 Å². The monoisotopic (exact) mass is 408 g/mol. The summed E-state index contributed by atoms with van der Waals surface area (Å²) in [7, 11) is 3.05. The van der Waals surface area contributed by atoms with Crippen LogP contribution in [0.15, 0.2) is 42.5 Å². The Morgan fingerprint density at radius 1 is 0.967 bits per heavy atom. The van der Waals surface area contributed by atoms with Gasteiger partial charge in [-0.25, -0.2) is 4.90 Å². The number of benzene rings is 2. The highest BCUT2D eigenvalue weighted by Crippen LogP contribution is 2.41. The summed E-state index contributed by atoms with van der Waals surface area (Å²) < 4.78 is 10.5. The van der Waals surface area contributed by atoms with Crippen molar-refractivity contribution in [2.45, 2.75) is 25.7 Å². The second kappa shape index (κ2) is 8.18. The molecule has 0 radical (unpaired) electrons. The maximum Gasteiger partial charge on any atom is 0.257 e. The molecule has 1 heterocycles. The Bertz CT molecular complexity index is 979. The van der Waals surface area contributed by atoms with E-state index in [0.29, 0.717) is 22.9 Å². The van der Waals surface area contributed by atoms with E-state index in [1.807, 2.05) is 0 Å². The number of hydrogen-bond donors (Lipinski definition) is 1. The van der Waals surface area contributed by atoms with Gasteiger partial charge in [-0.15, -0.1) is 0 Å². The fraction of sp³-hybridized carbons (Fsp3) is 0.348. The number of carbonyl (C=O) groups excluding carboxylic acids is 3. The van der Waals surface area contributed by atoms with Crippen molar-refractivity contribution in [2.75, 3.05) is 24.4 Å². The van der Waals surface area contributed by atoms with E-state index in [-0.39, 0.29) is 29.2 Å². The van der Waals surface area contributed by atoms with E-state index in [0.717, 1.165) is 25.7 Å². The van der Waals surface area contributed by atoms with E-state index in [9.17, 15) is 14.4 Å². The molecule has 0 bridgehead atoms. The van der Waals surface area contributed by atoms with Crippen LogP contribution in [0.2, 0.25) is 0 Å². The summed E-state index contributed by atoms with van der Waals surface area (Å²) in [4.78, 5) is 40.3. The molecule has 2 aliphatic rings. The first-order chi connectivity index (χ1) is 14.5. The second-order valence-corrected chi connectivity index (χ2v) is 7.55. The van der Waals surface area contributed by atoms with Crippen LogP contribution in [-0.2, 0) is 9.59 Å². The summed E-state index contributed by atoms with van der Waals surface area (Å²) in [6.07, 6.45) is 3.35. The van der Waals surface area contributed by atoms with Gasteiger partial charge in [-0.1, -0.05) is 25.0 Å². The molecule has 2 atom stereocenters. The quantitative estimate of drug-likeness (QED) is 0.764. The molecule has 1 saturated carbocycles. The highest BCUT2D eigenvalue weighted by molar-refractivity contribution is 6.24. The number of rotatable bonds is 5. The minimum Gasteiger partial charge on any atom is -0.497 e. The zero-order valence-corrected chi connectivity index (χ0v) is 17.0. The highest BCUT2D eigenvalue weighted by Gasteiger charge is 2.49. The normalized spacial score (nSPS) is 20.7. The lowest BCUT2D eigenvalue weighted by molar-refractivity contribution is -0.122. The van der Waals surface area contributed by atoms with Gasteiger partial charge in [-0.3, -0.25) is 14.4 Å². The molecule has 4 rings (SSSR count). The Balaban J connectivity index is 1.65. The van der Waals surface area contributed by atoms with Crippen LogP contribution in [0.25, 0.3) is 0 Å². The van der Waals surface area contributed by atoms with Crippen LogP contribution in [0, 0.1) is 11.8 Å². The Labute approximate surface area is 175 Å². The molecule has 7 nitrogen and oxygen atoms in total. The fourth-order valence-corrected chi connectivity index (χ4v) is 4.35. The molecule has 156 valence electrons. The van der Waals surface area contributed by atoms with E-state index < -0.39 is 5.91 Å². The summed E-state index contributed by atoms with van der Waals surface area (Å²) in [6, 6.07) is 11.8. The van der Waals surface area contributed by atoms with Crippen LogP contribution in [-0.4, -0.2) is 31.9 Å². The number of amides is 3. The highest BCUT2D eigenvalue weighted by atomic mass is 16.5. The van der Waals surface area contributed by atoms with Gasteiger partial charge in [0, 0.05) is 6.07 Å². The Morgan fingerprint density at radius 2 is 1.63 bits per heavy atom. The van der Waals surface area contributed by atoms with Crippen molar-refractivity contribution >= 4 is 29.1 Å². The SMILES string of the molecule is COc1ccc(NC(=O)c2ccccc2N2C(=O)[C@H]3CCCC[C@H]3C2=O)c(OC)c1. The van der Waals surface area contributed by atoms with Crippen molar-refractivity contribution < 1.29 is 23.9 Å². The number of ether oxygens (including phenoxy) is 2. The first-order valence-corrected chi connectivity index (χ1v) is 10.1. The van der Waals surface area contributed by atoms with Crippen molar-refractivity contribution in [1.29, 1.82) is 0 Å². The lowest BCUT2D eigenvalue weighted by atomic mass is 9.81. The van der Waals surface area contributed by atoms with Crippen LogP contribution in [0.4, 0.5) is 11.4 Å². The van der Waals surface area contributed by atoms with Gasteiger partial charge in [-0.2, -0.15) is 0 Å². The zero-order chi connectivity index (χ0) is 21.3. The maximum absolute atomic E-state index is 13.1. The first kappa shape index (κ1) is 19.9. The van der Waals surface area contributed by atoms with E-state index >= 15 is 0 Å². The Morgan fingerprint density at radius 3 is 2.27 bits per heavy atom. The van der Waals surface area contributed by atoms with E-state index in [4.69, 9.17) is 9.47 Å². The minimum atomic E-state index is -0.426.